The van der Waals surface area contributed by atoms with Crippen molar-refractivity contribution in [2.75, 3.05) is 32.6 Å². The molecule has 1 aromatic heterocycles. The van der Waals surface area contributed by atoms with E-state index in [4.69, 9.17) is 37.4 Å². The van der Waals surface area contributed by atoms with E-state index >= 15 is 0 Å². The number of halogens is 5. The second-order valence-electron chi connectivity index (χ2n) is 12.2. The fourth-order valence-electron chi connectivity index (χ4n) is 6.24. The number of hydrogen-bond acceptors (Lipinski definition) is 8. The lowest BCUT2D eigenvalue weighted by molar-refractivity contribution is -0.0515. The van der Waals surface area contributed by atoms with Crippen LogP contribution < -0.4 is 24.3 Å². The molecule has 1 amide bonds. The van der Waals surface area contributed by atoms with Crippen LogP contribution in [0.3, 0.4) is 0 Å². The summed E-state index contributed by atoms with van der Waals surface area (Å²) in [4.78, 5) is 18.6. The van der Waals surface area contributed by atoms with Gasteiger partial charge in [0, 0.05) is 36.5 Å². The lowest BCUT2D eigenvalue weighted by Gasteiger charge is -2.35. The first-order chi connectivity index (χ1) is 22.6. The van der Waals surface area contributed by atoms with Crippen LogP contribution in [0.5, 0.6) is 23.0 Å². The zero-order chi connectivity index (χ0) is 33.3. The molecule has 0 unspecified atom stereocenters. The normalized spacial score (nSPS) is 22.2. The fraction of sp³-hybridized carbons (Fsp3) is 0.412. The van der Waals surface area contributed by atoms with Crippen LogP contribution in [0.4, 0.5) is 14.5 Å². The maximum absolute atomic E-state index is 12.6. The van der Waals surface area contributed by atoms with Crippen LogP contribution in [0.15, 0.2) is 54.9 Å². The molecular formula is C34H36BrCl2F2N3O6. The standard InChI is InChI=1S/C17H14Cl2F2N2O3.C17H21NO3.BrH/c18-11-6-22-7-12(19)15(11)23-16(24)10-3-4-13(26-17(20)21)14(5-10)25-8-9-1-2-9;1-18-8-7-17-6-5-12(19)9-14(17)21-16-13(20-2)4-3-11(10-18)15(16)17;/h3-7,9,17H,1-2,8H2,(H,22,23,24);3-6,12,14,19H,7-10H2,1-2H3;1H/t;12-,14-,17-;/m.0./s1. The molecule has 4 aliphatic rings. The third kappa shape index (κ3) is 7.68. The number of aliphatic hydroxyl groups is 1. The Morgan fingerprint density at radius 2 is 1.90 bits per heavy atom. The van der Waals surface area contributed by atoms with Crippen LogP contribution >= 0.6 is 40.2 Å². The number of ether oxygens (including phenoxy) is 4. The maximum atomic E-state index is 12.6. The summed E-state index contributed by atoms with van der Waals surface area (Å²) < 4.78 is 46.9. The highest BCUT2D eigenvalue weighted by atomic mass is 79.9. The summed E-state index contributed by atoms with van der Waals surface area (Å²) in [6.07, 6.45) is 10.1. The van der Waals surface area contributed by atoms with Crippen LogP contribution in [0.25, 0.3) is 0 Å². The number of nitrogens with one attached hydrogen (secondary N) is 1. The number of methoxy groups -OCH3 is 1. The van der Waals surface area contributed by atoms with Crippen LogP contribution in [0.1, 0.15) is 47.2 Å². The van der Waals surface area contributed by atoms with E-state index < -0.39 is 18.6 Å². The second-order valence-corrected chi connectivity index (χ2v) is 13.0. The highest BCUT2D eigenvalue weighted by Gasteiger charge is 2.52. The Bertz CT molecular complexity index is 1660. The number of carbonyl (C=O) groups excluding carboxylic acids is 1. The molecule has 2 aliphatic carbocycles. The maximum Gasteiger partial charge on any atom is 0.387 e. The largest absolute Gasteiger partial charge is 0.493 e. The van der Waals surface area contributed by atoms with Gasteiger partial charge in [-0.15, -0.1) is 17.0 Å². The SMILES string of the molecule is Br.COc1ccc2c3c1O[C@H]1C[C@@H](O)C=C[C@@]31CCN(C)C2.O=C(Nc1c(Cl)cncc1Cl)c1ccc(OC(F)F)c(OCC2CC2)c1. The molecule has 3 heterocycles. The molecule has 2 aliphatic heterocycles. The van der Waals surface area contributed by atoms with E-state index in [1.807, 2.05) is 12.1 Å². The van der Waals surface area contributed by atoms with E-state index in [2.05, 4.69) is 39.1 Å². The molecule has 1 fully saturated rings. The number of anilines is 1. The minimum Gasteiger partial charge on any atom is -0.493 e. The van der Waals surface area contributed by atoms with E-state index in [0.29, 0.717) is 18.9 Å². The van der Waals surface area contributed by atoms with E-state index in [9.17, 15) is 18.7 Å². The van der Waals surface area contributed by atoms with Gasteiger partial charge in [-0.1, -0.05) is 41.4 Å². The van der Waals surface area contributed by atoms with Crippen molar-refractivity contribution >= 4 is 51.8 Å². The minimum atomic E-state index is -2.99. The summed E-state index contributed by atoms with van der Waals surface area (Å²) in [5, 5.41) is 12.9. The molecule has 3 aromatic rings. The number of carbonyl (C=O) groups is 1. The number of aromatic nitrogens is 1. The molecule has 9 nitrogen and oxygen atoms in total. The summed E-state index contributed by atoms with van der Waals surface area (Å²) in [5.41, 5.74) is 2.88. The first-order valence-corrected chi connectivity index (χ1v) is 16.1. The van der Waals surface area contributed by atoms with Crippen molar-refractivity contribution in [3.8, 4) is 23.0 Å². The predicted molar refractivity (Wildman–Crippen MR) is 184 cm³/mol. The van der Waals surface area contributed by atoms with E-state index in [0.717, 1.165) is 43.9 Å². The Hall–Kier alpha value is -3.16. The van der Waals surface area contributed by atoms with Crippen molar-refractivity contribution in [1.29, 1.82) is 0 Å². The van der Waals surface area contributed by atoms with E-state index in [1.165, 1.54) is 41.7 Å². The zero-order valence-corrected chi connectivity index (χ0v) is 29.5. The Morgan fingerprint density at radius 1 is 1.17 bits per heavy atom. The number of benzene rings is 2. The van der Waals surface area contributed by atoms with Gasteiger partial charge in [-0.3, -0.25) is 9.78 Å². The van der Waals surface area contributed by atoms with Gasteiger partial charge >= 0.3 is 6.61 Å². The number of rotatable bonds is 8. The summed E-state index contributed by atoms with van der Waals surface area (Å²) in [6.45, 7) is -0.656. The molecule has 2 aromatic carbocycles. The molecule has 0 saturated heterocycles. The van der Waals surface area contributed by atoms with Crippen molar-refractivity contribution in [3.05, 3.63) is 81.6 Å². The minimum absolute atomic E-state index is 0. The number of amides is 1. The lowest BCUT2D eigenvalue weighted by Crippen LogP contribution is -2.42. The Morgan fingerprint density at radius 3 is 2.58 bits per heavy atom. The summed E-state index contributed by atoms with van der Waals surface area (Å²) in [7, 11) is 3.84. The number of aliphatic hydroxyl groups excluding tert-OH is 1. The van der Waals surface area contributed by atoms with Crippen LogP contribution in [-0.2, 0) is 12.0 Å². The third-order valence-corrected chi connectivity index (χ3v) is 9.41. The van der Waals surface area contributed by atoms with Gasteiger partial charge in [-0.25, -0.2) is 0 Å². The van der Waals surface area contributed by atoms with Gasteiger partial charge in [0.05, 0.1) is 41.0 Å². The first-order valence-electron chi connectivity index (χ1n) is 15.3. The number of nitrogens with zero attached hydrogens (tertiary/aromatic N) is 2. The number of pyridine rings is 1. The monoisotopic (exact) mass is 769 g/mol. The van der Waals surface area contributed by atoms with Crippen molar-refractivity contribution in [1.82, 2.24) is 9.88 Å². The third-order valence-electron chi connectivity index (χ3n) is 8.83. The molecule has 2 N–H and O–H groups in total. The molecule has 258 valence electrons. The van der Waals surface area contributed by atoms with E-state index in [1.54, 1.807) is 7.11 Å². The molecule has 14 heteroatoms. The van der Waals surface area contributed by atoms with Gasteiger partial charge in [-0.2, -0.15) is 8.78 Å². The number of alkyl halides is 2. The molecule has 0 bridgehead atoms. The van der Waals surface area contributed by atoms with Crippen LogP contribution in [0.2, 0.25) is 10.0 Å². The smallest absolute Gasteiger partial charge is 0.387 e. The van der Waals surface area contributed by atoms with Gasteiger partial charge in [-0.05, 0) is 68.6 Å². The molecular weight excluding hydrogens is 735 g/mol. The van der Waals surface area contributed by atoms with Crippen molar-refractivity contribution in [2.24, 2.45) is 5.92 Å². The molecule has 48 heavy (non-hydrogen) atoms. The number of hydrogen-bond donors (Lipinski definition) is 2. The molecule has 7 rings (SSSR count). The summed E-state index contributed by atoms with van der Waals surface area (Å²) in [6, 6.07) is 8.11. The summed E-state index contributed by atoms with van der Waals surface area (Å²) >= 11 is 12.0. The van der Waals surface area contributed by atoms with Crippen LogP contribution in [-0.4, -0.2) is 67.0 Å². The quantitative estimate of drug-likeness (QED) is 0.228. The molecule has 1 spiro atoms. The van der Waals surface area contributed by atoms with Crippen molar-refractivity contribution in [3.63, 3.8) is 0 Å². The average Bonchev–Trinajstić information content (AvgIpc) is 3.83. The van der Waals surface area contributed by atoms with Gasteiger partial charge < -0.3 is 34.3 Å². The lowest BCUT2D eigenvalue weighted by atomic mass is 9.69. The topological polar surface area (TPSA) is 102 Å². The molecule has 3 atom stereocenters. The van der Waals surface area contributed by atoms with Crippen LogP contribution in [0, 0.1) is 5.92 Å². The van der Waals surface area contributed by atoms with Crippen molar-refractivity contribution in [2.45, 2.75) is 56.5 Å². The van der Waals surface area contributed by atoms with Gasteiger partial charge in [0.2, 0.25) is 0 Å². The van der Waals surface area contributed by atoms with Gasteiger partial charge in [0.15, 0.2) is 23.0 Å². The van der Waals surface area contributed by atoms with E-state index in [-0.39, 0.29) is 61.3 Å². The average molecular weight is 771 g/mol. The molecule has 1 saturated carbocycles. The highest BCUT2D eigenvalue weighted by molar-refractivity contribution is 8.93. The van der Waals surface area contributed by atoms with Crippen molar-refractivity contribution < 1.29 is 37.6 Å². The second kappa shape index (κ2) is 15.2. The first kappa shape index (κ1) is 36.1. The predicted octanol–water partition coefficient (Wildman–Crippen LogP) is 7.46. The zero-order valence-electron chi connectivity index (χ0n) is 26.3. The molecule has 0 radical (unpaired) electrons. The Labute approximate surface area is 297 Å². The fourth-order valence-corrected chi connectivity index (χ4v) is 6.70. The highest BCUT2D eigenvalue weighted by Crippen LogP contribution is 2.55. The van der Waals surface area contributed by atoms with Gasteiger partial charge in [0.1, 0.15) is 6.10 Å². The Balaban J connectivity index is 0.000000187. The van der Waals surface area contributed by atoms with Gasteiger partial charge in [0.25, 0.3) is 5.91 Å². The Kier molecular flexibility index (Phi) is 11.4. The summed E-state index contributed by atoms with van der Waals surface area (Å²) in [5.74, 6) is 1.51.